The number of benzene rings is 2. The number of rotatable bonds is 4. The van der Waals surface area contributed by atoms with Gasteiger partial charge in [-0.25, -0.2) is 0 Å². The van der Waals surface area contributed by atoms with E-state index in [0.717, 1.165) is 0 Å². The molecule has 2 heteroatoms. The van der Waals surface area contributed by atoms with Crippen molar-refractivity contribution in [3.05, 3.63) is 131 Å². The molecule has 2 aromatic rings. The quantitative estimate of drug-likeness (QED) is 0.644. The monoisotopic (exact) mass is 376 g/mol. The first-order valence-electron chi connectivity index (χ1n) is 10.0. The number of hydrogen-bond acceptors (Lipinski definition) is 2. The lowest BCUT2D eigenvalue weighted by Gasteiger charge is -2.39. The van der Waals surface area contributed by atoms with Gasteiger partial charge in [0.2, 0.25) is 0 Å². The standard InChI is InChI=1S/C27H24N2/c1-28(22-12-5-3-6-13-22)24-18-16-20-10-9-11-21-17-19-25(27(24)26(20)21)29(2)23-14-7-4-8-15-23/h3-19,26H,1-2H3. The Morgan fingerprint density at radius 1 is 0.621 bits per heavy atom. The summed E-state index contributed by atoms with van der Waals surface area (Å²) in [6, 6.07) is 21.2. The van der Waals surface area contributed by atoms with Crippen LogP contribution < -0.4 is 9.80 Å². The number of para-hydroxylation sites is 2. The van der Waals surface area contributed by atoms with E-state index in [-0.39, 0.29) is 5.92 Å². The maximum absolute atomic E-state index is 2.30. The van der Waals surface area contributed by atoms with Crippen LogP contribution in [0.25, 0.3) is 0 Å². The molecule has 5 rings (SSSR count). The lowest BCUT2D eigenvalue weighted by molar-refractivity contribution is 0.814. The Bertz CT molecular complexity index is 1110. The van der Waals surface area contributed by atoms with Crippen LogP contribution >= 0.6 is 0 Å². The number of nitrogens with zero attached hydrogens (tertiary/aromatic N) is 2. The first-order valence-corrected chi connectivity index (χ1v) is 10.0. The predicted molar refractivity (Wildman–Crippen MR) is 123 cm³/mol. The first-order chi connectivity index (χ1) is 14.2. The van der Waals surface area contributed by atoms with Crippen LogP contribution in [0.1, 0.15) is 0 Å². The van der Waals surface area contributed by atoms with Crippen molar-refractivity contribution in [3.63, 3.8) is 0 Å². The van der Waals surface area contributed by atoms with Gasteiger partial charge in [0.1, 0.15) is 0 Å². The summed E-state index contributed by atoms with van der Waals surface area (Å²) in [5.41, 5.74) is 8.93. The third kappa shape index (κ3) is 2.98. The van der Waals surface area contributed by atoms with E-state index in [2.05, 4.69) is 127 Å². The molecule has 3 aliphatic rings. The maximum atomic E-state index is 2.30. The molecule has 3 aliphatic carbocycles. The Morgan fingerprint density at radius 3 is 1.93 bits per heavy atom. The van der Waals surface area contributed by atoms with Gasteiger partial charge in [0.15, 0.2) is 0 Å². The summed E-state index contributed by atoms with van der Waals surface area (Å²) in [7, 11) is 4.32. The van der Waals surface area contributed by atoms with Crippen molar-refractivity contribution < 1.29 is 0 Å². The Balaban J connectivity index is 1.68. The van der Waals surface area contributed by atoms with E-state index in [0.29, 0.717) is 0 Å². The van der Waals surface area contributed by atoms with Crippen molar-refractivity contribution in [2.45, 2.75) is 0 Å². The van der Waals surface area contributed by atoms with Gasteiger partial charge in [-0.15, -0.1) is 0 Å². The third-order valence-corrected chi connectivity index (χ3v) is 5.96. The highest BCUT2D eigenvalue weighted by Gasteiger charge is 2.34. The van der Waals surface area contributed by atoms with Gasteiger partial charge in [0.25, 0.3) is 0 Å². The lowest BCUT2D eigenvalue weighted by atomic mass is 9.73. The molecule has 0 fully saturated rings. The minimum Gasteiger partial charge on any atom is -0.344 e. The van der Waals surface area contributed by atoms with Gasteiger partial charge in [0.05, 0.1) is 0 Å². The molecule has 0 spiro atoms. The van der Waals surface area contributed by atoms with Crippen LogP contribution in [0.5, 0.6) is 0 Å². The summed E-state index contributed by atoms with van der Waals surface area (Å²) in [6.45, 7) is 0. The Kier molecular flexibility index (Phi) is 4.33. The molecule has 0 radical (unpaired) electrons. The van der Waals surface area contributed by atoms with Crippen LogP contribution in [-0.4, -0.2) is 14.1 Å². The maximum Gasteiger partial charge on any atom is 0.0471 e. The topological polar surface area (TPSA) is 6.48 Å². The largest absolute Gasteiger partial charge is 0.344 e. The molecular formula is C27H24N2. The second kappa shape index (κ2) is 7.14. The van der Waals surface area contributed by atoms with Crippen molar-refractivity contribution in [3.8, 4) is 0 Å². The number of likely N-dealkylation sites (N-methyl/N-ethyl adjacent to an activating group) is 2. The third-order valence-electron chi connectivity index (χ3n) is 5.96. The van der Waals surface area contributed by atoms with E-state index in [4.69, 9.17) is 0 Å². The molecule has 0 saturated carbocycles. The average molecular weight is 377 g/mol. The summed E-state index contributed by atoms with van der Waals surface area (Å²) < 4.78 is 0. The van der Waals surface area contributed by atoms with Gasteiger partial charge < -0.3 is 9.80 Å². The molecule has 0 heterocycles. The van der Waals surface area contributed by atoms with E-state index in [9.17, 15) is 0 Å². The van der Waals surface area contributed by atoms with Gasteiger partial charge in [0, 0.05) is 48.4 Å². The first kappa shape index (κ1) is 17.6. The van der Waals surface area contributed by atoms with E-state index < -0.39 is 0 Å². The summed E-state index contributed by atoms with van der Waals surface area (Å²) in [6.07, 6.45) is 15.7. The Labute approximate surface area is 172 Å². The molecule has 0 amide bonds. The van der Waals surface area contributed by atoms with Crippen molar-refractivity contribution in [1.29, 1.82) is 0 Å². The molecule has 0 N–H and O–H groups in total. The van der Waals surface area contributed by atoms with Crippen LogP contribution in [0, 0.1) is 5.92 Å². The van der Waals surface area contributed by atoms with Crippen LogP contribution in [0.4, 0.5) is 11.4 Å². The van der Waals surface area contributed by atoms with Gasteiger partial charge in [-0.1, -0.05) is 66.8 Å². The summed E-state index contributed by atoms with van der Waals surface area (Å²) in [5.74, 6) is 0.275. The van der Waals surface area contributed by atoms with E-state index >= 15 is 0 Å². The van der Waals surface area contributed by atoms with Crippen molar-refractivity contribution in [1.82, 2.24) is 0 Å². The van der Waals surface area contributed by atoms with Crippen molar-refractivity contribution >= 4 is 11.4 Å². The summed E-state index contributed by atoms with van der Waals surface area (Å²) >= 11 is 0. The fraction of sp³-hybridized carbons (Fsp3) is 0.111. The molecule has 1 unspecified atom stereocenters. The SMILES string of the molecule is CN(C1=CC=C2C=CC=C3C=CC(N(C)c4ccccc4)=C1C32)c1ccccc1. The van der Waals surface area contributed by atoms with Crippen LogP contribution in [-0.2, 0) is 0 Å². The number of anilines is 2. The van der Waals surface area contributed by atoms with Gasteiger partial charge in [-0.3, -0.25) is 0 Å². The minimum absolute atomic E-state index is 0.275. The fourth-order valence-corrected chi connectivity index (χ4v) is 4.42. The second-order valence-electron chi connectivity index (χ2n) is 7.60. The average Bonchev–Trinajstić information content (AvgIpc) is 2.80. The van der Waals surface area contributed by atoms with Crippen molar-refractivity contribution in [2.24, 2.45) is 5.92 Å². The van der Waals surface area contributed by atoms with Gasteiger partial charge in [-0.05, 0) is 47.6 Å². The van der Waals surface area contributed by atoms with Gasteiger partial charge >= 0.3 is 0 Å². The van der Waals surface area contributed by atoms with E-state index in [1.807, 2.05) is 0 Å². The van der Waals surface area contributed by atoms with E-state index in [1.54, 1.807) is 0 Å². The lowest BCUT2D eigenvalue weighted by Crippen LogP contribution is -2.31. The summed E-state index contributed by atoms with van der Waals surface area (Å²) in [5, 5.41) is 0. The Morgan fingerprint density at radius 2 is 1.24 bits per heavy atom. The predicted octanol–water partition coefficient (Wildman–Crippen LogP) is 6.02. The zero-order valence-corrected chi connectivity index (χ0v) is 16.8. The van der Waals surface area contributed by atoms with Gasteiger partial charge in [-0.2, -0.15) is 0 Å². The van der Waals surface area contributed by atoms with Crippen LogP contribution in [0.2, 0.25) is 0 Å². The molecule has 2 aromatic carbocycles. The molecule has 0 aromatic heterocycles. The minimum atomic E-state index is 0.275. The van der Waals surface area contributed by atoms with Crippen molar-refractivity contribution in [2.75, 3.05) is 23.9 Å². The fourth-order valence-electron chi connectivity index (χ4n) is 4.42. The molecule has 0 aliphatic heterocycles. The smallest absolute Gasteiger partial charge is 0.0471 e. The highest BCUT2D eigenvalue weighted by Crippen LogP contribution is 2.46. The summed E-state index contributed by atoms with van der Waals surface area (Å²) in [4.78, 5) is 4.60. The molecule has 0 bridgehead atoms. The Hall–Kier alpha value is -3.52. The van der Waals surface area contributed by atoms with Crippen LogP contribution in [0.15, 0.2) is 131 Å². The molecule has 29 heavy (non-hydrogen) atoms. The molecule has 2 nitrogen and oxygen atoms in total. The molecular weight excluding hydrogens is 352 g/mol. The normalized spacial score (nSPS) is 19.2. The highest BCUT2D eigenvalue weighted by molar-refractivity contribution is 5.71. The molecule has 1 atom stereocenters. The number of allylic oxidation sites excluding steroid dienone is 10. The molecule has 0 saturated heterocycles. The number of hydrogen-bond donors (Lipinski definition) is 0. The van der Waals surface area contributed by atoms with Crippen LogP contribution in [0.3, 0.4) is 0 Å². The highest BCUT2D eigenvalue weighted by atomic mass is 15.1. The zero-order valence-electron chi connectivity index (χ0n) is 16.8. The zero-order chi connectivity index (χ0) is 19.8. The second-order valence-corrected chi connectivity index (χ2v) is 7.60. The van der Waals surface area contributed by atoms with E-state index in [1.165, 1.54) is 39.5 Å². The molecule has 142 valence electrons.